The average Bonchev–Trinajstić information content (AvgIpc) is 3.04. The monoisotopic (exact) mass is 414 g/mol. The van der Waals surface area contributed by atoms with Gasteiger partial charge in [0.25, 0.3) is 5.91 Å². The molecule has 142 valence electrons. The van der Waals surface area contributed by atoms with Crippen LogP contribution in [0.1, 0.15) is 10.4 Å². The SMILES string of the molecule is CNn1c2ccccc2c2c(C(=O)Nc3c(Cl)cncc3Cl)ccc(OC)c21. The zero-order valence-electron chi connectivity index (χ0n) is 15.1. The molecule has 0 bridgehead atoms. The van der Waals surface area contributed by atoms with Gasteiger partial charge in [0.15, 0.2) is 0 Å². The maximum atomic E-state index is 13.2. The first-order chi connectivity index (χ1) is 13.6. The second-order valence-electron chi connectivity index (χ2n) is 6.05. The molecule has 2 aromatic heterocycles. The number of hydrogen-bond donors (Lipinski definition) is 2. The lowest BCUT2D eigenvalue weighted by molar-refractivity contribution is 0.102. The quantitative estimate of drug-likeness (QED) is 0.496. The van der Waals surface area contributed by atoms with E-state index in [-0.39, 0.29) is 16.0 Å². The molecule has 6 nitrogen and oxygen atoms in total. The number of amides is 1. The molecule has 0 radical (unpaired) electrons. The van der Waals surface area contributed by atoms with Crippen molar-refractivity contribution in [3.63, 3.8) is 0 Å². The summed E-state index contributed by atoms with van der Waals surface area (Å²) in [6, 6.07) is 11.3. The number of fused-ring (bicyclic) bond motifs is 3. The molecular weight excluding hydrogens is 399 g/mol. The number of ether oxygens (including phenoxy) is 1. The number of carbonyl (C=O) groups excluding carboxylic acids is 1. The molecule has 0 fully saturated rings. The molecule has 2 N–H and O–H groups in total. The summed E-state index contributed by atoms with van der Waals surface area (Å²) < 4.78 is 7.44. The van der Waals surface area contributed by atoms with Crippen LogP contribution in [0, 0.1) is 0 Å². The number of benzene rings is 2. The van der Waals surface area contributed by atoms with Crippen molar-refractivity contribution in [2.24, 2.45) is 0 Å². The predicted octanol–water partition coefficient (Wildman–Crippen LogP) is 4.93. The maximum absolute atomic E-state index is 13.2. The zero-order valence-corrected chi connectivity index (χ0v) is 16.6. The van der Waals surface area contributed by atoms with Gasteiger partial charge in [0, 0.05) is 30.2 Å². The van der Waals surface area contributed by atoms with Gasteiger partial charge < -0.3 is 15.5 Å². The number of carbonyl (C=O) groups is 1. The van der Waals surface area contributed by atoms with Crippen LogP contribution in [0.25, 0.3) is 21.8 Å². The molecule has 4 aromatic rings. The van der Waals surface area contributed by atoms with Gasteiger partial charge >= 0.3 is 0 Å². The number of halogens is 2. The van der Waals surface area contributed by atoms with Crippen molar-refractivity contribution in [1.29, 1.82) is 0 Å². The van der Waals surface area contributed by atoms with Gasteiger partial charge in [-0.05, 0) is 18.2 Å². The zero-order chi connectivity index (χ0) is 19.8. The average molecular weight is 415 g/mol. The van der Waals surface area contributed by atoms with Gasteiger partial charge in [-0.25, -0.2) is 0 Å². The van der Waals surface area contributed by atoms with Crippen molar-refractivity contribution in [2.45, 2.75) is 0 Å². The number of nitrogens with one attached hydrogen (secondary N) is 2. The normalized spacial score (nSPS) is 11.0. The second kappa shape index (κ2) is 7.22. The fourth-order valence-corrected chi connectivity index (χ4v) is 3.82. The van der Waals surface area contributed by atoms with Gasteiger partial charge in [-0.2, -0.15) is 0 Å². The Labute approximate surface area is 171 Å². The molecule has 2 heterocycles. The number of methoxy groups -OCH3 is 1. The number of rotatable bonds is 4. The molecule has 0 aliphatic carbocycles. The summed E-state index contributed by atoms with van der Waals surface area (Å²) in [6.45, 7) is 0. The Morgan fingerprint density at radius 1 is 1.11 bits per heavy atom. The molecule has 2 aromatic carbocycles. The van der Waals surface area contributed by atoms with Gasteiger partial charge in [-0.1, -0.05) is 41.4 Å². The molecule has 0 atom stereocenters. The molecule has 0 saturated carbocycles. The molecule has 8 heteroatoms. The van der Waals surface area contributed by atoms with Gasteiger partial charge in [-0.15, -0.1) is 0 Å². The third-order valence-corrected chi connectivity index (χ3v) is 5.13. The van der Waals surface area contributed by atoms with Gasteiger partial charge in [0.2, 0.25) is 0 Å². The van der Waals surface area contributed by atoms with Crippen LogP contribution >= 0.6 is 23.2 Å². The van der Waals surface area contributed by atoms with E-state index in [1.54, 1.807) is 19.2 Å². The highest BCUT2D eigenvalue weighted by molar-refractivity contribution is 6.40. The van der Waals surface area contributed by atoms with E-state index in [0.717, 1.165) is 21.8 Å². The number of aromatic nitrogens is 2. The van der Waals surface area contributed by atoms with Crippen molar-refractivity contribution in [1.82, 2.24) is 9.66 Å². The summed E-state index contributed by atoms with van der Waals surface area (Å²) in [6.07, 6.45) is 2.86. The molecule has 0 unspecified atom stereocenters. The molecule has 0 aliphatic rings. The van der Waals surface area contributed by atoms with Crippen molar-refractivity contribution in [3.8, 4) is 5.75 Å². The highest BCUT2D eigenvalue weighted by Gasteiger charge is 2.22. The third kappa shape index (κ3) is 2.82. The van der Waals surface area contributed by atoms with E-state index in [0.29, 0.717) is 17.0 Å². The summed E-state index contributed by atoms with van der Waals surface area (Å²) in [7, 11) is 3.41. The molecule has 28 heavy (non-hydrogen) atoms. The number of anilines is 1. The fourth-order valence-electron chi connectivity index (χ4n) is 3.36. The van der Waals surface area contributed by atoms with Crippen molar-refractivity contribution < 1.29 is 9.53 Å². The van der Waals surface area contributed by atoms with Crippen LogP contribution in [0.5, 0.6) is 5.75 Å². The highest BCUT2D eigenvalue weighted by atomic mass is 35.5. The maximum Gasteiger partial charge on any atom is 0.256 e. The largest absolute Gasteiger partial charge is 0.494 e. The molecule has 0 spiro atoms. The van der Waals surface area contributed by atoms with Gasteiger partial charge in [-0.3, -0.25) is 14.5 Å². The van der Waals surface area contributed by atoms with E-state index in [9.17, 15) is 4.79 Å². The van der Waals surface area contributed by atoms with E-state index in [1.165, 1.54) is 12.4 Å². The lowest BCUT2D eigenvalue weighted by Crippen LogP contribution is -2.14. The standard InChI is InChI=1S/C20H16Cl2N4O2/c1-23-26-15-6-4-3-5-11(15)17-12(7-8-16(28-2)19(17)26)20(27)25-18-13(21)9-24-10-14(18)22/h3-10,23H,1-2H3,(H,24,25,27). The van der Waals surface area contributed by atoms with E-state index in [4.69, 9.17) is 27.9 Å². The topological polar surface area (TPSA) is 68.2 Å². The molecule has 1 amide bonds. The Hall–Kier alpha value is -2.96. The Morgan fingerprint density at radius 3 is 2.50 bits per heavy atom. The van der Waals surface area contributed by atoms with Crippen molar-refractivity contribution in [2.75, 3.05) is 24.9 Å². The van der Waals surface area contributed by atoms with Gasteiger partial charge in [0.05, 0.1) is 33.9 Å². The molecule has 4 rings (SSSR count). The lowest BCUT2D eigenvalue weighted by atomic mass is 10.0. The van der Waals surface area contributed by atoms with E-state index in [1.807, 2.05) is 36.0 Å². The first-order valence-electron chi connectivity index (χ1n) is 8.45. The molecule has 0 aliphatic heterocycles. The minimum atomic E-state index is -0.332. The number of para-hydroxylation sites is 1. The van der Waals surface area contributed by atoms with Crippen LogP contribution in [0.15, 0.2) is 48.8 Å². The predicted molar refractivity (Wildman–Crippen MR) is 113 cm³/mol. The van der Waals surface area contributed by atoms with Crippen LogP contribution in [-0.2, 0) is 0 Å². The minimum Gasteiger partial charge on any atom is -0.494 e. The van der Waals surface area contributed by atoms with Crippen LogP contribution in [0.3, 0.4) is 0 Å². The van der Waals surface area contributed by atoms with Crippen LogP contribution in [-0.4, -0.2) is 29.7 Å². The van der Waals surface area contributed by atoms with Crippen molar-refractivity contribution >= 4 is 56.6 Å². The second-order valence-corrected chi connectivity index (χ2v) is 6.86. The van der Waals surface area contributed by atoms with E-state index in [2.05, 4.69) is 15.7 Å². The first kappa shape index (κ1) is 18.4. The highest BCUT2D eigenvalue weighted by Crippen LogP contribution is 2.37. The van der Waals surface area contributed by atoms with Crippen molar-refractivity contribution in [3.05, 3.63) is 64.4 Å². The summed E-state index contributed by atoms with van der Waals surface area (Å²) in [5, 5.41) is 5.02. The lowest BCUT2D eigenvalue weighted by Gasteiger charge is -2.12. The van der Waals surface area contributed by atoms with Crippen LogP contribution in [0.4, 0.5) is 5.69 Å². The Balaban J connectivity index is 1.96. The summed E-state index contributed by atoms with van der Waals surface area (Å²) in [4.78, 5) is 17.1. The van der Waals surface area contributed by atoms with Crippen LogP contribution in [0.2, 0.25) is 10.0 Å². The van der Waals surface area contributed by atoms with E-state index >= 15 is 0 Å². The first-order valence-corrected chi connectivity index (χ1v) is 9.20. The Bertz CT molecular complexity index is 1200. The fraction of sp³-hybridized carbons (Fsp3) is 0.100. The smallest absolute Gasteiger partial charge is 0.256 e. The number of pyridine rings is 1. The number of hydrogen-bond acceptors (Lipinski definition) is 4. The van der Waals surface area contributed by atoms with Crippen LogP contribution < -0.4 is 15.5 Å². The van der Waals surface area contributed by atoms with Gasteiger partial charge in [0.1, 0.15) is 11.3 Å². The minimum absolute atomic E-state index is 0.267. The summed E-state index contributed by atoms with van der Waals surface area (Å²) >= 11 is 12.3. The third-order valence-electron chi connectivity index (χ3n) is 4.56. The Kier molecular flexibility index (Phi) is 4.75. The summed E-state index contributed by atoms with van der Waals surface area (Å²) in [5.41, 5.74) is 5.66. The molecule has 0 saturated heterocycles. The summed E-state index contributed by atoms with van der Waals surface area (Å²) in [5.74, 6) is 0.318. The number of nitrogens with zero attached hydrogens (tertiary/aromatic N) is 2. The molecular formula is C20H16Cl2N4O2. The van der Waals surface area contributed by atoms with E-state index < -0.39 is 0 Å². The Morgan fingerprint density at radius 2 is 1.82 bits per heavy atom.